The van der Waals surface area contributed by atoms with Gasteiger partial charge in [0, 0.05) is 19.2 Å². The van der Waals surface area contributed by atoms with Gasteiger partial charge in [0.25, 0.3) is 5.91 Å². The van der Waals surface area contributed by atoms with Crippen molar-refractivity contribution in [2.75, 3.05) is 26.8 Å². The molecule has 0 atom stereocenters. The Hall–Kier alpha value is -3.02. The molecular weight excluding hydrogens is 334 g/mol. The van der Waals surface area contributed by atoms with Gasteiger partial charge >= 0.3 is 5.97 Å². The zero-order valence-corrected chi connectivity index (χ0v) is 15.0. The average Bonchev–Trinajstić information content (AvgIpc) is 2.64. The van der Waals surface area contributed by atoms with Crippen molar-refractivity contribution in [3.05, 3.63) is 59.7 Å². The van der Waals surface area contributed by atoms with E-state index in [1.807, 2.05) is 31.2 Å². The standard InChI is InChI=1S/C20H23NO5/c1-15-7-3-4-10-18(15)25-12-6-11-21(2)20(24)16-8-5-9-17(13-16)26-14-19(22)23/h3-5,7-10,13H,6,11-12,14H2,1-2H3,(H,22,23). The number of nitrogens with zero attached hydrogens (tertiary/aromatic N) is 1. The molecule has 26 heavy (non-hydrogen) atoms. The van der Waals surface area contributed by atoms with Crippen molar-refractivity contribution in [1.29, 1.82) is 0 Å². The van der Waals surface area contributed by atoms with E-state index in [1.165, 1.54) is 0 Å². The summed E-state index contributed by atoms with van der Waals surface area (Å²) in [6.45, 7) is 2.61. The molecule has 0 unspecified atom stereocenters. The molecule has 0 radical (unpaired) electrons. The maximum absolute atomic E-state index is 12.5. The summed E-state index contributed by atoms with van der Waals surface area (Å²) < 4.78 is 10.8. The highest BCUT2D eigenvalue weighted by atomic mass is 16.5. The van der Waals surface area contributed by atoms with E-state index in [2.05, 4.69) is 0 Å². The first-order valence-corrected chi connectivity index (χ1v) is 8.36. The van der Waals surface area contributed by atoms with Crippen molar-refractivity contribution < 1.29 is 24.2 Å². The number of carboxylic acid groups (broad SMARTS) is 1. The van der Waals surface area contributed by atoms with Gasteiger partial charge in [0.2, 0.25) is 0 Å². The molecule has 0 bridgehead atoms. The minimum absolute atomic E-state index is 0.151. The number of rotatable bonds is 9. The van der Waals surface area contributed by atoms with E-state index in [0.717, 1.165) is 11.3 Å². The van der Waals surface area contributed by atoms with E-state index < -0.39 is 12.6 Å². The van der Waals surface area contributed by atoms with Gasteiger partial charge in [-0.15, -0.1) is 0 Å². The molecule has 6 nitrogen and oxygen atoms in total. The Labute approximate surface area is 153 Å². The van der Waals surface area contributed by atoms with Gasteiger partial charge < -0.3 is 19.5 Å². The fourth-order valence-corrected chi connectivity index (χ4v) is 2.39. The van der Waals surface area contributed by atoms with Gasteiger partial charge in [0.15, 0.2) is 6.61 Å². The number of ether oxygens (including phenoxy) is 2. The van der Waals surface area contributed by atoms with Gasteiger partial charge in [-0.05, 0) is 43.2 Å². The largest absolute Gasteiger partial charge is 0.493 e. The Bertz CT molecular complexity index is 759. The highest BCUT2D eigenvalue weighted by Gasteiger charge is 2.12. The lowest BCUT2D eigenvalue weighted by atomic mass is 10.2. The first-order valence-electron chi connectivity index (χ1n) is 8.36. The van der Waals surface area contributed by atoms with Crippen molar-refractivity contribution in [2.45, 2.75) is 13.3 Å². The van der Waals surface area contributed by atoms with Crippen molar-refractivity contribution in [1.82, 2.24) is 4.90 Å². The zero-order valence-electron chi connectivity index (χ0n) is 15.0. The van der Waals surface area contributed by atoms with Crippen LogP contribution in [0.4, 0.5) is 0 Å². The SMILES string of the molecule is Cc1ccccc1OCCCN(C)C(=O)c1cccc(OCC(=O)O)c1. The third-order valence-electron chi connectivity index (χ3n) is 3.78. The van der Waals surface area contributed by atoms with Crippen LogP contribution in [0.5, 0.6) is 11.5 Å². The van der Waals surface area contributed by atoms with Crippen LogP contribution in [0.2, 0.25) is 0 Å². The molecule has 0 saturated heterocycles. The predicted octanol–water partition coefficient (Wildman–Crippen LogP) is 3.00. The highest BCUT2D eigenvalue weighted by molar-refractivity contribution is 5.94. The number of hydrogen-bond donors (Lipinski definition) is 1. The number of carboxylic acids is 1. The Morgan fingerprint density at radius 2 is 1.85 bits per heavy atom. The molecule has 0 heterocycles. The zero-order chi connectivity index (χ0) is 18.9. The van der Waals surface area contributed by atoms with E-state index in [1.54, 1.807) is 36.2 Å². The van der Waals surface area contributed by atoms with Crippen LogP contribution in [0.25, 0.3) is 0 Å². The lowest BCUT2D eigenvalue weighted by molar-refractivity contribution is -0.139. The fraction of sp³-hybridized carbons (Fsp3) is 0.300. The monoisotopic (exact) mass is 357 g/mol. The second kappa shape index (κ2) is 9.46. The van der Waals surface area contributed by atoms with Crippen molar-refractivity contribution >= 4 is 11.9 Å². The molecule has 6 heteroatoms. The first-order chi connectivity index (χ1) is 12.5. The van der Waals surface area contributed by atoms with Crippen LogP contribution in [-0.4, -0.2) is 48.7 Å². The number of carbonyl (C=O) groups is 2. The summed E-state index contributed by atoms with van der Waals surface area (Å²) in [6, 6.07) is 14.3. The number of aryl methyl sites for hydroxylation is 1. The number of para-hydroxylation sites is 1. The Kier molecular flexibility index (Phi) is 7.02. The molecule has 0 aliphatic rings. The van der Waals surface area contributed by atoms with Crippen molar-refractivity contribution in [3.8, 4) is 11.5 Å². The van der Waals surface area contributed by atoms with Gasteiger partial charge in [-0.2, -0.15) is 0 Å². The molecule has 0 aliphatic carbocycles. The van der Waals surface area contributed by atoms with Gasteiger partial charge in [-0.25, -0.2) is 4.79 Å². The smallest absolute Gasteiger partial charge is 0.341 e. The highest BCUT2D eigenvalue weighted by Crippen LogP contribution is 2.17. The number of hydrogen-bond acceptors (Lipinski definition) is 4. The molecule has 0 aliphatic heterocycles. The molecule has 2 aromatic rings. The Morgan fingerprint density at radius 3 is 2.58 bits per heavy atom. The first kappa shape index (κ1) is 19.3. The maximum atomic E-state index is 12.5. The second-order valence-corrected chi connectivity index (χ2v) is 5.90. The fourth-order valence-electron chi connectivity index (χ4n) is 2.39. The summed E-state index contributed by atoms with van der Waals surface area (Å²) >= 11 is 0. The van der Waals surface area contributed by atoms with Crippen molar-refractivity contribution in [2.24, 2.45) is 0 Å². The van der Waals surface area contributed by atoms with E-state index in [-0.39, 0.29) is 5.91 Å². The summed E-state index contributed by atoms with van der Waals surface area (Å²) in [6.07, 6.45) is 0.700. The molecule has 0 spiro atoms. The summed E-state index contributed by atoms with van der Waals surface area (Å²) in [7, 11) is 1.72. The summed E-state index contributed by atoms with van der Waals surface area (Å²) in [5.41, 5.74) is 1.53. The summed E-state index contributed by atoms with van der Waals surface area (Å²) in [5, 5.41) is 8.65. The van der Waals surface area contributed by atoms with Crippen LogP contribution in [0.15, 0.2) is 48.5 Å². The van der Waals surface area contributed by atoms with Gasteiger partial charge in [-0.3, -0.25) is 4.79 Å². The second-order valence-electron chi connectivity index (χ2n) is 5.90. The molecule has 2 rings (SSSR count). The van der Waals surface area contributed by atoms with E-state index >= 15 is 0 Å². The molecule has 138 valence electrons. The van der Waals surface area contributed by atoms with Crippen LogP contribution in [0.3, 0.4) is 0 Å². The topological polar surface area (TPSA) is 76.1 Å². The van der Waals surface area contributed by atoms with Crippen LogP contribution in [0, 0.1) is 6.92 Å². The quantitative estimate of drug-likeness (QED) is 0.698. The number of benzene rings is 2. The van der Waals surface area contributed by atoms with E-state index in [0.29, 0.717) is 30.9 Å². The summed E-state index contributed by atoms with van der Waals surface area (Å²) in [5.74, 6) is -0.00605. The molecule has 0 aromatic heterocycles. The number of aliphatic carboxylic acids is 1. The van der Waals surface area contributed by atoms with Crippen LogP contribution in [-0.2, 0) is 4.79 Å². The van der Waals surface area contributed by atoms with Crippen molar-refractivity contribution in [3.63, 3.8) is 0 Å². The van der Waals surface area contributed by atoms with E-state index in [4.69, 9.17) is 14.6 Å². The number of amides is 1. The minimum atomic E-state index is -1.06. The third kappa shape index (κ3) is 5.81. The van der Waals surface area contributed by atoms with Crippen LogP contribution < -0.4 is 9.47 Å². The molecule has 1 N–H and O–H groups in total. The predicted molar refractivity (Wildman–Crippen MR) is 97.8 cm³/mol. The molecule has 0 fully saturated rings. The minimum Gasteiger partial charge on any atom is -0.493 e. The molecule has 1 amide bonds. The van der Waals surface area contributed by atoms with Crippen LogP contribution >= 0.6 is 0 Å². The molecular formula is C20H23NO5. The van der Waals surface area contributed by atoms with Gasteiger partial charge in [-0.1, -0.05) is 24.3 Å². The third-order valence-corrected chi connectivity index (χ3v) is 3.78. The lowest BCUT2D eigenvalue weighted by Crippen LogP contribution is -2.28. The maximum Gasteiger partial charge on any atom is 0.341 e. The Morgan fingerprint density at radius 1 is 1.08 bits per heavy atom. The van der Waals surface area contributed by atoms with Crippen LogP contribution in [0.1, 0.15) is 22.3 Å². The van der Waals surface area contributed by atoms with Gasteiger partial charge in [0.05, 0.1) is 6.61 Å². The van der Waals surface area contributed by atoms with E-state index in [9.17, 15) is 9.59 Å². The summed E-state index contributed by atoms with van der Waals surface area (Å²) in [4.78, 5) is 24.6. The lowest BCUT2D eigenvalue weighted by Gasteiger charge is -2.18. The molecule has 0 saturated carbocycles. The number of carbonyl (C=O) groups excluding carboxylic acids is 1. The van der Waals surface area contributed by atoms with Gasteiger partial charge in [0.1, 0.15) is 11.5 Å². The molecule has 2 aromatic carbocycles. The average molecular weight is 357 g/mol. The Balaban J connectivity index is 1.82. The normalized spacial score (nSPS) is 10.2.